The van der Waals surface area contributed by atoms with Crippen molar-refractivity contribution in [3.8, 4) is 0 Å². The molecule has 0 aliphatic carbocycles. The van der Waals surface area contributed by atoms with Crippen LogP contribution >= 0.6 is 0 Å². The smallest absolute Gasteiger partial charge is 0.308 e. The van der Waals surface area contributed by atoms with Crippen LogP contribution < -0.4 is 0 Å². The maximum Gasteiger partial charge on any atom is 0.308 e. The Morgan fingerprint density at radius 1 is 1.55 bits per heavy atom. The van der Waals surface area contributed by atoms with Crippen LogP contribution in [0, 0.1) is 11.3 Å². The van der Waals surface area contributed by atoms with Gasteiger partial charge in [0, 0.05) is 6.61 Å². The highest BCUT2D eigenvalue weighted by Crippen LogP contribution is 2.29. The molecule has 112 valence electrons. The van der Waals surface area contributed by atoms with Crippen molar-refractivity contribution in [2.45, 2.75) is 52.7 Å². The number of carboxylic acids is 1. The molecule has 2 rings (SSSR count). The van der Waals surface area contributed by atoms with Crippen molar-refractivity contribution in [2.24, 2.45) is 11.3 Å². The Balaban J connectivity index is 2.10. The van der Waals surface area contributed by atoms with Gasteiger partial charge in [0.1, 0.15) is 6.10 Å². The van der Waals surface area contributed by atoms with E-state index in [-0.39, 0.29) is 18.1 Å². The zero-order valence-corrected chi connectivity index (χ0v) is 12.2. The van der Waals surface area contributed by atoms with E-state index in [0.29, 0.717) is 18.9 Å². The standard InChI is InChI=1S/C13H22N4O3/c1-13(2,3)7-9(12(18)19)8-17-11(14-15-16-17)10-5-4-6-20-10/h9-10H,4-8H2,1-3H3,(H,18,19). The van der Waals surface area contributed by atoms with Gasteiger partial charge in [-0.15, -0.1) is 5.10 Å². The predicted octanol–water partition coefficient (Wildman–Crippen LogP) is 1.66. The summed E-state index contributed by atoms with van der Waals surface area (Å²) in [5.41, 5.74) is -0.0545. The van der Waals surface area contributed by atoms with E-state index >= 15 is 0 Å². The van der Waals surface area contributed by atoms with Crippen LogP contribution in [-0.2, 0) is 16.1 Å². The molecule has 1 aromatic rings. The molecule has 2 atom stereocenters. The van der Waals surface area contributed by atoms with Crippen molar-refractivity contribution in [1.82, 2.24) is 20.2 Å². The summed E-state index contributed by atoms with van der Waals surface area (Å²) in [5, 5.41) is 21.0. The van der Waals surface area contributed by atoms with Crippen LogP contribution in [-0.4, -0.2) is 37.9 Å². The van der Waals surface area contributed by atoms with Crippen molar-refractivity contribution >= 4 is 5.97 Å². The Labute approximate surface area is 118 Å². The van der Waals surface area contributed by atoms with Crippen LogP contribution in [0.5, 0.6) is 0 Å². The number of carbonyl (C=O) groups is 1. The second kappa shape index (κ2) is 5.87. The third-order valence-corrected chi connectivity index (χ3v) is 3.38. The van der Waals surface area contributed by atoms with E-state index in [1.807, 2.05) is 20.8 Å². The average Bonchev–Trinajstić information content (AvgIpc) is 2.94. The lowest BCUT2D eigenvalue weighted by atomic mass is 9.84. The highest BCUT2D eigenvalue weighted by atomic mass is 16.5. The van der Waals surface area contributed by atoms with Crippen molar-refractivity contribution < 1.29 is 14.6 Å². The van der Waals surface area contributed by atoms with Gasteiger partial charge in [0.2, 0.25) is 0 Å². The van der Waals surface area contributed by atoms with Gasteiger partial charge in [0.15, 0.2) is 5.82 Å². The first kappa shape index (κ1) is 14.9. The van der Waals surface area contributed by atoms with Crippen molar-refractivity contribution in [3.05, 3.63) is 5.82 Å². The molecule has 7 nitrogen and oxygen atoms in total. The third kappa shape index (κ3) is 3.75. The molecule has 1 aromatic heterocycles. The minimum atomic E-state index is -0.811. The molecule has 1 aliphatic rings. The topological polar surface area (TPSA) is 90.1 Å². The first-order valence-electron chi connectivity index (χ1n) is 6.97. The Bertz CT molecular complexity index is 460. The Morgan fingerprint density at radius 3 is 2.85 bits per heavy atom. The largest absolute Gasteiger partial charge is 0.481 e. The normalized spacial score (nSPS) is 21.1. The number of hydrogen-bond donors (Lipinski definition) is 1. The van der Waals surface area contributed by atoms with Crippen LogP contribution in [0.2, 0.25) is 0 Å². The molecule has 1 N–H and O–H groups in total. The van der Waals surface area contributed by atoms with Gasteiger partial charge in [-0.25, -0.2) is 4.68 Å². The number of hydrogen-bond acceptors (Lipinski definition) is 5. The first-order valence-corrected chi connectivity index (χ1v) is 6.97. The molecule has 0 bridgehead atoms. The van der Waals surface area contributed by atoms with Gasteiger partial charge >= 0.3 is 5.97 Å². The zero-order chi connectivity index (χ0) is 14.8. The SMILES string of the molecule is CC(C)(C)CC(Cn1nnnc1C1CCCO1)C(=O)O. The monoisotopic (exact) mass is 282 g/mol. The van der Waals surface area contributed by atoms with E-state index in [1.165, 1.54) is 0 Å². The number of ether oxygens (including phenoxy) is 1. The number of tetrazole rings is 1. The number of aliphatic carboxylic acids is 1. The fourth-order valence-electron chi connectivity index (χ4n) is 2.53. The molecule has 20 heavy (non-hydrogen) atoms. The number of nitrogens with zero attached hydrogens (tertiary/aromatic N) is 4. The fourth-order valence-corrected chi connectivity index (χ4v) is 2.53. The molecule has 7 heteroatoms. The average molecular weight is 282 g/mol. The molecule has 2 heterocycles. The third-order valence-electron chi connectivity index (χ3n) is 3.38. The Morgan fingerprint density at radius 2 is 2.30 bits per heavy atom. The molecule has 1 fully saturated rings. The summed E-state index contributed by atoms with van der Waals surface area (Å²) in [6, 6.07) is 0. The number of aromatic nitrogens is 4. The van der Waals surface area contributed by atoms with Crippen molar-refractivity contribution in [1.29, 1.82) is 0 Å². The molecule has 0 amide bonds. The molecule has 2 unspecified atom stereocenters. The lowest BCUT2D eigenvalue weighted by Gasteiger charge is -2.23. The van der Waals surface area contributed by atoms with E-state index < -0.39 is 11.9 Å². The molecule has 0 saturated carbocycles. The fraction of sp³-hybridized carbons (Fsp3) is 0.846. The number of carboxylic acid groups (broad SMARTS) is 1. The van der Waals surface area contributed by atoms with Gasteiger partial charge in [-0.2, -0.15) is 0 Å². The van der Waals surface area contributed by atoms with Crippen molar-refractivity contribution in [3.63, 3.8) is 0 Å². The summed E-state index contributed by atoms with van der Waals surface area (Å²) in [5.74, 6) is -0.671. The summed E-state index contributed by atoms with van der Waals surface area (Å²) in [6.07, 6.45) is 2.35. The number of rotatable bonds is 5. The predicted molar refractivity (Wildman–Crippen MR) is 70.9 cm³/mol. The maximum absolute atomic E-state index is 11.4. The van der Waals surface area contributed by atoms with Gasteiger partial charge in [0.05, 0.1) is 12.5 Å². The summed E-state index contributed by atoms with van der Waals surface area (Å²) in [7, 11) is 0. The van der Waals surface area contributed by atoms with E-state index in [1.54, 1.807) is 4.68 Å². The van der Waals surface area contributed by atoms with Gasteiger partial charge in [-0.1, -0.05) is 20.8 Å². The molecular formula is C13H22N4O3. The van der Waals surface area contributed by atoms with Gasteiger partial charge < -0.3 is 9.84 Å². The van der Waals surface area contributed by atoms with Gasteiger partial charge in [-0.3, -0.25) is 4.79 Å². The Kier molecular flexibility index (Phi) is 4.37. The van der Waals surface area contributed by atoms with E-state index in [0.717, 1.165) is 12.8 Å². The second-order valence-electron chi connectivity index (χ2n) is 6.52. The van der Waals surface area contributed by atoms with Crippen LogP contribution in [0.15, 0.2) is 0 Å². The first-order chi connectivity index (χ1) is 9.37. The molecule has 1 saturated heterocycles. The summed E-state index contributed by atoms with van der Waals surface area (Å²) in [4.78, 5) is 11.4. The minimum absolute atomic E-state index is 0.0545. The maximum atomic E-state index is 11.4. The van der Waals surface area contributed by atoms with E-state index in [4.69, 9.17) is 4.74 Å². The van der Waals surface area contributed by atoms with Crippen LogP contribution in [0.1, 0.15) is 52.0 Å². The van der Waals surface area contributed by atoms with Crippen molar-refractivity contribution in [2.75, 3.05) is 6.61 Å². The van der Waals surface area contributed by atoms with Crippen LogP contribution in [0.25, 0.3) is 0 Å². The highest BCUT2D eigenvalue weighted by Gasteiger charge is 2.29. The molecule has 0 radical (unpaired) electrons. The molecule has 1 aliphatic heterocycles. The molecule has 0 spiro atoms. The highest BCUT2D eigenvalue weighted by molar-refractivity contribution is 5.69. The quantitative estimate of drug-likeness (QED) is 0.883. The molecule has 0 aromatic carbocycles. The second-order valence-corrected chi connectivity index (χ2v) is 6.52. The summed E-state index contributed by atoms with van der Waals surface area (Å²) in [6.45, 7) is 7.09. The van der Waals surface area contributed by atoms with Crippen LogP contribution in [0.4, 0.5) is 0 Å². The lowest BCUT2D eigenvalue weighted by molar-refractivity contribution is -0.143. The van der Waals surface area contributed by atoms with E-state index in [2.05, 4.69) is 15.5 Å². The summed E-state index contributed by atoms with van der Waals surface area (Å²) < 4.78 is 7.15. The lowest BCUT2D eigenvalue weighted by Crippen LogP contribution is -2.27. The molecular weight excluding hydrogens is 260 g/mol. The summed E-state index contributed by atoms with van der Waals surface area (Å²) >= 11 is 0. The van der Waals surface area contributed by atoms with Gasteiger partial charge in [0.25, 0.3) is 0 Å². The van der Waals surface area contributed by atoms with Crippen LogP contribution in [0.3, 0.4) is 0 Å². The zero-order valence-electron chi connectivity index (χ0n) is 12.2. The minimum Gasteiger partial charge on any atom is -0.481 e. The Hall–Kier alpha value is -1.50. The van der Waals surface area contributed by atoms with Gasteiger partial charge in [-0.05, 0) is 35.1 Å². The van der Waals surface area contributed by atoms with E-state index in [9.17, 15) is 9.90 Å².